The molecule has 0 fully saturated rings. The molecule has 3 nitrogen and oxygen atoms in total. The Kier molecular flexibility index (Phi) is 4.17. The van der Waals surface area contributed by atoms with Crippen LogP contribution in [0.25, 0.3) is 0 Å². The predicted octanol–water partition coefficient (Wildman–Crippen LogP) is 3.93. The first-order valence-corrected chi connectivity index (χ1v) is 6.58. The van der Waals surface area contributed by atoms with Crippen molar-refractivity contribution >= 4 is 17.3 Å². The molecule has 0 aliphatic carbocycles. The van der Waals surface area contributed by atoms with Gasteiger partial charge < -0.3 is 14.4 Å². The smallest absolute Gasteiger partial charge is 0.105 e. The number of aliphatic hydroxyl groups is 1. The molecule has 0 bridgehead atoms. The number of hydrogen-bond acceptors (Lipinski definition) is 3. The Morgan fingerprint density at radius 2 is 2.11 bits per heavy atom. The first-order valence-electron chi connectivity index (χ1n) is 6.20. The molecule has 1 heterocycles. The number of benzene rings is 1. The van der Waals surface area contributed by atoms with Gasteiger partial charge in [0.25, 0.3) is 0 Å². The molecular formula is C15H18ClNO2. The van der Waals surface area contributed by atoms with E-state index in [2.05, 4.69) is 4.90 Å². The number of furan rings is 1. The van der Waals surface area contributed by atoms with Crippen molar-refractivity contribution in [1.29, 1.82) is 0 Å². The van der Waals surface area contributed by atoms with E-state index in [0.29, 0.717) is 5.02 Å². The van der Waals surface area contributed by atoms with E-state index in [1.165, 1.54) is 0 Å². The molecule has 0 amide bonds. The van der Waals surface area contributed by atoms with Crippen molar-refractivity contribution in [1.82, 2.24) is 0 Å². The van der Waals surface area contributed by atoms with E-state index < -0.39 is 6.10 Å². The molecule has 1 unspecified atom stereocenters. The standard InChI is InChI=1S/C15H18ClNO2/c1-10(18)12-4-5-15(14(16)8-12)17(3)9-13-6-7-19-11(13)2/h4-8,10,18H,9H2,1-3H3. The zero-order chi connectivity index (χ0) is 14.0. The lowest BCUT2D eigenvalue weighted by Gasteiger charge is -2.21. The molecule has 1 aromatic carbocycles. The molecule has 2 aromatic rings. The predicted molar refractivity (Wildman–Crippen MR) is 77.6 cm³/mol. The van der Waals surface area contributed by atoms with Gasteiger partial charge in [-0.15, -0.1) is 0 Å². The van der Waals surface area contributed by atoms with Crippen LogP contribution >= 0.6 is 11.6 Å². The van der Waals surface area contributed by atoms with E-state index in [-0.39, 0.29) is 0 Å². The van der Waals surface area contributed by atoms with Gasteiger partial charge in [-0.25, -0.2) is 0 Å². The van der Waals surface area contributed by atoms with Gasteiger partial charge in [-0.05, 0) is 37.6 Å². The van der Waals surface area contributed by atoms with E-state index in [4.69, 9.17) is 16.0 Å². The van der Waals surface area contributed by atoms with Crippen molar-refractivity contribution in [2.45, 2.75) is 26.5 Å². The molecule has 0 saturated heterocycles. The summed E-state index contributed by atoms with van der Waals surface area (Å²) in [5, 5.41) is 10.2. The Hall–Kier alpha value is -1.45. The van der Waals surface area contributed by atoms with Crippen LogP contribution in [0.5, 0.6) is 0 Å². The Balaban J connectivity index is 2.20. The minimum Gasteiger partial charge on any atom is -0.469 e. The summed E-state index contributed by atoms with van der Waals surface area (Å²) in [6.07, 6.45) is 1.18. The third-order valence-electron chi connectivity index (χ3n) is 3.24. The van der Waals surface area contributed by atoms with Crippen LogP contribution < -0.4 is 4.90 Å². The van der Waals surface area contributed by atoms with Crippen LogP contribution in [-0.4, -0.2) is 12.2 Å². The van der Waals surface area contributed by atoms with Gasteiger partial charge in [-0.3, -0.25) is 0 Å². The number of anilines is 1. The van der Waals surface area contributed by atoms with Crippen LogP contribution in [0, 0.1) is 6.92 Å². The number of halogens is 1. The minimum absolute atomic E-state index is 0.507. The number of aliphatic hydroxyl groups excluding tert-OH is 1. The maximum atomic E-state index is 9.54. The topological polar surface area (TPSA) is 36.6 Å². The van der Waals surface area contributed by atoms with Crippen LogP contribution in [-0.2, 0) is 6.54 Å². The SMILES string of the molecule is Cc1occc1CN(C)c1ccc(C(C)O)cc1Cl. The first-order chi connectivity index (χ1) is 8.99. The van der Waals surface area contributed by atoms with Crippen LogP contribution in [0.15, 0.2) is 34.9 Å². The third kappa shape index (κ3) is 3.11. The Labute approximate surface area is 118 Å². The molecule has 1 aromatic heterocycles. The molecule has 2 rings (SSSR count). The van der Waals surface area contributed by atoms with E-state index in [0.717, 1.165) is 29.1 Å². The number of nitrogens with zero attached hydrogens (tertiary/aromatic N) is 1. The zero-order valence-electron chi connectivity index (χ0n) is 11.4. The van der Waals surface area contributed by atoms with Crippen LogP contribution in [0.3, 0.4) is 0 Å². The molecule has 4 heteroatoms. The molecule has 1 N–H and O–H groups in total. The van der Waals surface area contributed by atoms with Crippen molar-refractivity contribution in [2.75, 3.05) is 11.9 Å². The van der Waals surface area contributed by atoms with E-state index >= 15 is 0 Å². The molecule has 0 aliphatic rings. The summed E-state index contributed by atoms with van der Waals surface area (Å²) in [6.45, 7) is 4.40. The second-order valence-electron chi connectivity index (χ2n) is 4.74. The van der Waals surface area contributed by atoms with Crippen LogP contribution in [0.1, 0.15) is 29.9 Å². The quantitative estimate of drug-likeness (QED) is 0.921. The highest BCUT2D eigenvalue weighted by atomic mass is 35.5. The largest absolute Gasteiger partial charge is 0.469 e. The highest BCUT2D eigenvalue weighted by molar-refractivity contribution is 6.33. The molecule has 1 atom stereocenters. The highest BCUT2D eigenvalue weighted by Gasteiger charge is 2.11. The fourth-order valence-corrected chi connectivity index (χ4v) is 2.34. The van der Waals surface area contributed by atoms with Gasteiger partial charge in [0.1, 0.15) is 5.76 Å². The van der Waals surface area contributed by atoms with Gasteiger partial charge >= 0.3 is 0 Å². The van der Waals surface area contributed by atoms with Gasteiger partial charge in [0.2, 0.25) is 0 Å². The summed E-state index contributed by atoms with van der Waals surface area (Å²) < 4.78 is 5.29. The molecule has 0 spiro atoms. The van der Waals surface area contributed by atoms with E-state index in [1.807, 2.05) is 32.2 Å². The molecule has 102 valence electrons. The van der Waals surface area contributed by atoms with Gasteiger partial charge in [-0.1, -0.05) is 17.7 Å². The second kappa shape index (κ2) is 5.68. The maximum absolute atomic E-state index is 9.54. The Morgan fingerprint density at radius 1 is 1.37 bits per heavy atom. The number of hydrogen-bond donors (Lipinski definition) is 1. The maximum Gasteiger partial charge on any atom is 0.105 e. The van der Waals surface area contributed by atoms with Crippen molar-refractivity contribution in [2.24, 2.45) is 0 Å². The fraction of sp³-hybridized carbons (Fsp3) is 0.333. The number of rotatable bonds is 4. The Morgan fingerprint density at radius 3 is 2.63 bits per heavy atom. The van der Waals surface area contributed by atoms with Crippen molar-refractivity contribution in [3.63, 3.8) is 0 Å². The van der Waals surface area contributed by atoms with Crippen LogP contribution in [0.2, 0.25) is 5.02 Å². The fourth-order valence-electron chi connectivity index (χ4n) is 2.01. The lowest BCUT2D eigenvalue weighted by Crippen LogP contribution is -2.17. The monoisotopic (exact) mass is 279 g/mol. The molecule has 0 aliphatic heterocycles. The lowest BCUT2D eigenvalue weighted by molar-refractivity contribution is 0.199. The number of aryl methyl sites for hydroxylation is 1. The summed E-state index contributed by atoms with van der Waals surface area (Å²) >= 11 is 6.27. The Bertz CT molecular complexity index is 563. The molecular weight excluding hydrogens is 262 g/mol. The first kappa shape index (κ1) is 14.0. The van der Waals surface area contributed by atoms with Crippen molar-refractivity contribution < 1.29 is 9.52 Å². The highest BCUT2D eigenvalue weighted by Crippen LogP contribution is 2.29. The second-order valence-corrected chi connectivity index (χ2v) is 5.15. The van der Waals surface area contributed by atoms with Gasteiger partial charge in [0.05, 0.1) is 23.1 Å². The van der Waals surface area contributed by atoms with Crippen molar-refractivity contribution in [3.8, 4) is 0 Å². The van der Waals surface area contributed by atoms with E-state index in [1.54, 1.807) is 19.3 Å². The normalized spacial score (nSPS) is 12.5. The molecule has 0 saturated carbocycles. The van der Waals surface area contributed by atoms with Gasteiger partial charge in [0, 0.05) is 19.2 Å². The summed E-state index contributed by atoms with van der Waals surface area (Å²) in [7, 11) is 1.98. The summed E-state index contributed by atoms with van der Waals surface area (Å²) in [4.78, 5) is 2.06. The van der Waals surface area contributed by atoms with Crippen molar-refractivity contribution in [3.05, 3.63) is 52.4 Å². The summed E-state index contributed by atoms with van der Waals surface area (Å²) in [5.74, 6) is 0.920. The lowest BCUT2D eigenvalue weighted by atomic mass is 10.1. The zero-order valence-corrected chi connectivity index (χ0v) is 12.1. The van der Waals surface area contributed by atoms with E-state index in [9.17, 15) is 5.11 Å². The summed E-state index contributed by atoms with van der Waals surface area (Å²) in [5.41, 5.74) is 2.89. The minimum atomic E-state index is -0.507. The van der Waals surface area contributed by atoms with Gasteiger partial charge in [0.15, 0.2) is 0 Å². The average molecular weight is 280 g/mol. The average Bonchev–Trinajstić information content (AvgIpc) is 2.74. The van der Waals surface area contributed by atoms with Crippen LogP contribution in [0.4, 0.5) is 5.69 Å². The molecule has 0 radical (unpaired) electrons. The third-order valence-corrected chi connectivity index (χ3v) is 3.54. The summed E-state index contributed by atoms with van der Waals surface area (Å²) in [6, 6.07) is 7.59. The van der Waals surface area contributed by atoms with Gasteiger partial charge in [-0.2, -0.15) is 0 Å². The molecule has 19 heavy (non-hydrogen) atoms.